The number of allylic oxidation sites excluding steroid dienone is 6. The molecule has 1 aromatic rings. The van der Waals surface area contributed by atoms with Gasteiger partial charge in [0, 0.05) is 29.4 Å². The molecule has 8 nitrogen and oxygen atoms in total. The highest BCUT2D eigenvalue weighted by Crippen LogP contribution is 2.32. The second kappa shape index (κ2) is 31.2. The van der Waals surface area contributed by atoms with Gasteiger partial charge in [0.1, 0.15) is 30.9 Å². The van der Waals surface area contributed by atoms with E-state index >= 15 is 4.39 Å². The van der Waals surface area contributed by atoms with Crippen molar-refractivity contribution >= 4 is 54.3 Å². The van der Waals surface area contributed by atoms with Crippen LogP contribution >= 0.6 is 11.6 Å². The molecule has 1 N–H and O–H groups in total. The molecule has 2 rings (SSSR count). The third-order valence-corrected chi connectivity index (χ3v) is 5.90. The molecule has 1 heterocycles. The van der Waals surface area contributed by atoms with Crippen molar-refractivity contribution in [2.75, 3.05) is 12.4 Å². The Bertz CT molecular complexity index is 1320. The maximum Gasteiger partial charge on any atom is 0.159 e. The lowest BCUT2D eigenvalue weighted by Crippen LogP contribution is -2.18. The Kier molecular flexibility index (Phi) is 32.7. The van der Waals surface area contributed by atoms with E-state index in [2.05, 4.69) is 44.2 Å². The van der Waals surface area contributed by atoms with E-state index in [1.54, 1.807) is 20.8 Å². The van der Waals surface area contributed by atoms with Crippen LogP contribution in [0.1, 0.15) is 93.6 Å². The fraction of sp³-hybridized carbons (Fsp3) is 0.378. The van der Waals surface area contributed by atoms with E-state index in [4.69, 9.17) is 25.9 Å². The number of ketones is 2. The summed E-state index contributed by atoms with van der Waals surface area (Å²) in [6.07, 6.45) is 11.3. The number of anilines is 1. The third-order valence-electron chi connectivity index (χ3n) is 5.64. The highest BCUT2D eigenvalue weighted by atomic mass is 35.5. The fourth-order valence-electron chi connectivity index (χ4n) is 3.17. The van der Waals surface area contributed by atoms with Crippen molar-refractivity contribution < 1.29 is 32.7 Å². The van der Waals surface area contributed by atoms with Crippen molar-refractivity contribution in [3.63, 3.8) is 0 Å². The smallest absolute Gasteiger partial charge is 0.159 e. The molecule has 0 bridgehead atoms. The predicted molar refractivity (Wildman–Crippen MR) is 197 cm³/mol. The van der Waals surface area contributed by atoms with E-state index in [0.717, 1.165) is 25.3 Å². The van der Waals surface area contributed by atoms with E-state index in [-0.39, 0.29) is 22.7 Å². The molecule has 48 heavy (non-hydrogen) atoms. The van der Waals surface area contributed by atoms with Crippen LogP contribution in [0.3, 0.4) is 0 Å². The van der Waals surface area contributed by atoms with Gasteiger partial charge in [0.2, 0.25) is 0 Å². The number of halogens is 3. The van der Waals surface area contributed by atoms with E-state index < -0.39 is 11.6 Å². The highest BCUT2D eigenvalue weighted by Gasteiger charge is 2.22. The summed E-state index contributed by atoms with van der Waals surface area (Å²) >= 11 is 6.03. The van der Waals surface area contributed by atoms with Crippen molar-refractivity contribution in [2.24, 2.45) is 4.99 Å². The van der Waals surface area contributed by atoms with Crippen LogP contribution in [0, 0.1) is 11.6 Å². The van der Waals surface area contributed by atoms with Gasteiger partial charge in [-0.15, -0.1) is 0 Å². The molecule has 0 saturated heterocycles. The number of methoxy groups -OCH3 is 1. The average Bonchev–Trinajstić information content (AvgIpc) is 3.10. The summed E-state index contributed by atoms with van der Waals surface area (Å²) in [5, 5.41) is 3.17. The molecule has 0 radical (unpaired) electrons. The second-order valence-electron chi connectivity index (χ2n) is 9.26. The Hall–Kier alpha value is -4.44. The van der Waals surface area contributed by atoms with Gasteiger partial charge in [0.15, 0.2) is 11.6 Å². The Morgan fingerprint density at radius 2 is 1.56 bits per heavy atom. The molecule has 0 aliphatic carbocycles. The van der Waals surface area contributed by atoms with Crippen LogP contribution in [0.5, 0.6) is 0 Å². The number of nitrogens with zero attached hydrogens (tertiary/aromatic N) is 2. The fourth-order valence-corrected chi connectivity index (χ4v) is 3.28. The largest absolute Gasteiger partial charge is 0.499 e. The minimum Gasteiger partial charge on any atom is -0.499 e. The van der Waals surface area contributed by atoms with Gasteiger partial charge >= 0.3 is 0 Å². The molecule has 0 fully saturated rings. The van der Waals surface area contributed by atoms with Crippen molar-refractivity contribution in [1.82, 2.24) is 4.90 Å². The Labute approximate surface area is 291 Å². The molecule has 0 aromatic heterocycles. The highest BCUT2D eigenvalue weighted by molar-refractivity contribution is 6.31. The number of unbranched alkanes of at least 4 members (excludes halogenated alkanes) is 1. The molecule has 1 aliphatic rings. The zero-order valence-corrected chi connectivity index (χ0v) is 31.0. The standard InChI is InChI=1S/C24H24ClF2N3O2.C6H12O.C3H8.C2H6.2CH2O/c1-7-17(25)11-20(16(5)32-6)29-19-10-9-18(26)23(24(19)27)21-13-30(8-2)22(12-28-21)14(3)15(4)31;1-3-4-5-6(2)7;1-3-2;3*1-2/h7-13,29H,1-2H2,3-6H3;3-5H2,1-2H3;3H2,1-2H3;1-2H3;2*1H2/b17-11+,20-16-,22-14+;;;;;. The summed E-state index contributed by atoms with van der Waals surface area (Å²) in [7, 11) is 1.46. The molecule has 0 atom stereocenters. The molecular formula is C37H54ClF2N3O5. The van der Waals surface area contributed by atoms with Crippen LogP contribution in [0.4, 0.5) is 14.5 Å². The second-order valence-corrected chi connectivity index (χ2v) is 9.69. The molecular weight excluding hydrogens is 640 g/mol. The van der Waals surface area contributed by atoms with E-state index in [1.165, 1.54) is 62.2 Å². The summed E-state index contributed by atoms with van der Waals surface area (Å²) in [6, 6.07) is 2.39. The number of aliphatic imine (C=N–C) groups is 1. The summed E-state index contributed by atoms with van der Waals surface area (Å²) in [4.78, 5) is 43.6. The van der Waals surface area contributed by atoms with Crippen LogP contribution in [0.2, 0.25) is 0 Å². The Morgan fingerprint density at radius 1 is 1.02 bits per heavy atom. The monoisotopic (exact) mass is 693 g/mol. The molecule has 268 valence electrons. The molecule has 0 amide bonds. The number of hydrogen-bond acceptors (Lipinski definition) is 8. The van der Waals surface area contributed by atoms with Crippen LogP contribution in [-0.2, 0) is 23.9 Å². The maximum atomic E-state index is 15.4. The Morgan fingerprint density at radius 3 is 1.96 bits per heavy atom. The minimum atomic E-state index is -0.863. The van der Waals surface area contributed by atoms with Gasteiger partial charge < -0.3 is 29.3 Å². The maximum absolute atomic E-state index is 15.4. The lowest BCUT2D eigenvalue weighted by molar-refractivity contribution is -0.117. The molecule has 0 spiro atoms. The third kappa shape index (κ3) is 19.3. The number of carbonyl (C=O) groups excluding carboxylic acids is 4. The van der Waals surface area contributed by atoms with Crippen LogP contribution in [0.15, 0.2) is 82.6 Å². The summed E-state index contributed by atoms with van der Waals surface area (Å²) in [5.41, 5.74) is 0.945. The summed E-state index contributed by atoms with van der Waals surface area (Å²) in [5.74, 6) is -1.08. The molecule has 1 aliphatic heterocycles. The van der Waals surface area contributed by atoms with Crippen molar-refractivity contribution in [3.8, 4) is 0 Å². The number of rotatable bonds is 11. The number of ether oxygens (including phenoxy) is 1. The topological polar surface area (TPSA) is 105 Å². The van der Waals surface area contributed by atoms with Gasteiger partial charge in [-0.1, -0.05) is 78.3 Å². The average molecular weight is 694 g/mol. The first-order valence-corrected chi connectivity index (χ1v) is 15.7. The van der Waals surface area contributed by atoms with Crippen LogP contribution in [-0.4, -0.2) is 43.4 Å². The number of carbonyl (C=O) groups is 4. The first-order chi connectivity index (χ1) is 22.8. The number of hydrogen-bond donors (Lipinski definition) is 1. The van der Waals surface area contributed by atoms with E-state index in [9.17, 15) is 14.0 Å². The lowest BCUT2D eigenvalue weighted by atomic mass is 10.1. The van der Waals surface area contributed by atoms with E-state index in [1.807, 2.05) is 27.4 Å². The van der Waals surface area contributed by atoms with Gasteiger partial charge in [-0.05, 0) is 52.3 Å². The zero-order chi connectivity index (χ0) is 38.4. The number of benzene rings is 1. The first kappa shape index (κ1) is 50.4. The van der Waals surface area contributed by atoms with Gasteiger partial charge in [-0.25, -0.2) is 8.78 Å². The zero-order valence-electron chi connectivity index (χ0n) is 30.3. The normalized spacial score (nSPS) is 12.7. The number of nitrogens with one attached hydrogen (secondary N) is 1. The van der Waals surface area contributed by atoms with Crippen molar-refractivity contribution in [2.45, 2.75) is 88.0 Å². The van der Waals surface area contributed by atoms with Crippen molar-refractivity contribution in [3.05, 3.63) is 94.8 Å². The van der Waals surface area contributed by atoms with Gasteiger partial charge in [-0.2, -0.15) is 0 Å². The Balaban J connectivity index is -0.000000510. The molecule has 1 aromatic carbocycles. The van der Waals surface area contributed by atoms with Crippen LogP contribution < -0.4 is 5.32 Å². The molecule has 0 saturated carbocycles. The quantitative estimate of drug-likeness (QED) is 0.140. The van der Waals surface area contributed by atoms with Crippen LogP contribution in [0.25, 0.3) is 5.70 Å². The minimum absolute atomic E-state index is 0.0138. The van der Waals surface area contributed by atoms with Crippen molar-refractivity contribution in [1.29, 1.82) is 0 Å². The lowest BCUT2D eigenvalue weighted by Gasteiger charge is -2.23. The van der Waals surface area contributed by atoms with E-state index in [0.29, 0.717) is 33.5 Å². The first-order valence-electron chi connectivity index (χ1n) is 15.3. The van der Waals surface area contributed by atoms with Gasteiger partial charge in [-0.3, -0.25) is 9.79 Å². The molecule has 11 heteroatoms. The molecule has 0 unspecified atom stereocenters. The number of Topliss-reactive ketones (excluding diaryl/α,β-unsaturated/α-hetero) is 2. The summed E-state index contributed by atoms with van der Waals surface area (Å²) in [6.45, 7) is 28.0. The SMILES string of the molecule is C=C/C(Cl)=C\C(Nc1ccc(F)c(C2=CN(C=C)/C(=C(\C)C(C)=O)C=N2)c1F)=C(/C)OC.C=O.C=O.CC.CCC.CCCCC(C)=O. The van der Waals surface area contributed by atoms with Gasteiger partial charge in [0.25, 0.3) is 0 Å². The summed E-state index contributed by atoms with van der Waals surface area (Å²) < 4.78 is 35.3. The van der Waals surface area contributed by atoms with Gasteiger partial charge in [0.05, 0.1) is 41.7 Å². The predicted octanol–water partition coefficient (Wildman–Crippen LogP) is 10.1.